The van der Waals surface area contributed by atoms with Gasteiger partial charge in [-0.1, -0.05) is 50.4 Å². The van der Waals surface area contributed by atoms with E-state index in [1.807, 2.05) is 39.0 Å². The van der Waals surface area contributed by atoms with Crippen molar-refractivity contribution in [2.45, 2.75) is 124 Å². The van der Waals surface area contributed by atoms with Crippen molar-refractivity contribution in [1.82, 2.24) is 25.2 Å². The molecule has 4 aliphatic rings. The first kappa shape index (κ1) is 40.5. The predicted octanol–water partition coefficient (Wildman–Crippen LogP) is 5.77. The number of sulfonamides is 1. The Labute approximate surface area is 335 Å². The number of ether oxygens (including phenoxy) is 2. The Morgan fingerprint density at radius 2 is 1.93 bits per heavy atom. The van der Waals surface area contributed by atoms with Crippen LogP contribution in [0.2, 0.25) is 5.02 Å². The van der Waals surface area contributed by atoms with Crippen LogP contribution in [-0.4, -0.2) is 81.2 Å². The number of pyridine rings is 1. The van der Waals surface area contributed by atoms with E-state index in [1.165, 1.54) is 4.90 Å². The van der Waals surface area contributed by atoms with Gasteiger partial charge in [0.2, 0.25) is 21.8 Å². The van der Waals surface area contributed by atoms with Crippen molar-refractivity contribution in [3.63, 3.8) is 0 Å². The minimum Gasteiger partial charge on any atom is -0.483 e. The van der Waals surface area contributed by atoms with Crippen LogP contribution in [0, 0.1) is 12.8 Å². The Kier molecular flexibility index (Phi) is 11.8. The van der Waals surface area contributed by atoms with E-state index >= 15 is 0 Å². The molecular weight excluding hydrogens is 849 g/mol. The number of carbonyl (C=O) groups excluding carboxylic acids is 4. The molecule has 1 aromatic carbocycles. The summed E-state index contributed by atoms with van der Waals surface area (Å²) in [6, 6.07) is 3.40. The van der Waals surface area contributed by atoms with E-state index in [0.29, 0.717) is 61.4 Å². The second kappa shape index (κ2) is 15.8. The lowest BCUT2D eigenvalue weighted by Gasteiger charge is -2.36. The van der Waals surface area contributed by atoms with Gasteiger partial charge in [-0.2, -0.15) is 0 Å². The van der Waals surface area contributed by atoms with Gasteiger partial charge < -0.3 is 25.0 Å². The summed E-state index contributed by atoms with van der Waals surface area (Å²) in [5.41, 5.74) is 1.38. The number of allylic oxidation sites excluding steroid dienone is 1. The zero-order valence-corrected chi connectivity index (χ0v) is 34.9. The Balaban J connectivity index is 1.35. The normalized spacial score (nSPS) is 27.9. The zero-order valence-electron chi connectivity index (χ0n) is 31.1. The number of carbonyl (C=O) groups is 4. The van der Waals surface area contributed by atoms with Gasteiger partial charge in [-0.3, -0.25) is 14.4 Å². The van der Waals surface area contributed by atoms with Crippen molar-refractivity contribution < 1.29 is 37.1 Å². The topological polar surface area (TPSA) is 173 Å². The molecule has 2 fully saturated rings. The highest BCUT2D eigenvalue weighted by Gasteiger charge is 2.56. The van der Waals surface area contributed by atoms with Gasteiger partial charge >= 0.3 is 6.09 Å². The van der Waals surface area contributed by atoms with E-state index < -0.39 is 59.8 Å². The average molecular weight is 898 g/mol. The summed E-state index contributed by atoms with van der Waals surface area (Å²) in [7, 11) is -4.02. The highest BCUT2D eigenvalue weighted by atomic mass is 127. The van der Waals surface area contributed by atoms with E-state index in [-0.39, 0.29) is 31.9 Å². The summed E-state index contributed by atoms with van der Waals surface area (Å²) in [5.74, 6) is -1.32. The van der Waals surface area contributed by atoms with Crippen LogP contribution >= 0.6 is 34.2 Å². The summed E-state index contributed by atoms with van der Waals surface area (Å²) in [6.45, 7) is 7.47. The van der Waals surface area contributed by atoms with Crippen LogP contribution in [0.5, 0.6) is 5.75 Å². The number of amides is 4. The molecule has 3 N–H and O–H groups in total. The summed E-state index contributed by atoms with van der Waals surface area (Å²) >= 11 is 8.18. The van der Waals surface area contributed by atoms with Crippen LogP contribution in [0.1, 0.15) is 96.2 Å². The number of hydrogen-bond acceptors (Lipinski definition) is 9. The lowest BCUT2D eigenvalue weighted by atomic mass is 9.87. The van der Waals surface area contributed by atoms with E-state index in [9.17, 15) is 27.6 Å². The molecular formula is C38H49ClIN5O8S. The van der Waals surface area contributed by atoms with Crippen LogP contribution in [0.15, 0.2) is 30.4 Å². The Morgan fingerprint density at radius 1 is 1.17 bits per heavy atom. The zero-order chi connectivity index (χ0) is 39.1. The summed E-state index contributed by atoms with van der Waals surface area (Å²) in [5, 5.41) is 7.06. The molecule has 6 rings (SSSR count). The van der Waals surface area contributed by atoms with Crippen LogP contribution in [0.3, 0.4) is 0 Å². The highest BCUT2D eigenvalue weighted by Crippen LogP contribution is 2.46. The number of hydrogen-bond donors (Lipinski definition) is 3. The molecule has 0 radical (unpaired) electrons. The molecule has 1 aliphatic carbocycles. The molecule has 0 unspecified atom stereocenters. The average Bonchev–Trinajstić information content (AvgIpc) is 3.78. The van der Waals surface area contributed by atoms with Gasteiger partial charge in [-0.15, -0.1) is 0 Å². The molecule has 294 valence electrons. The first-order valence-corrected chi connectivity index (χ1v) is 21.6. The van der Waals surface area contributed by atoms with Crippen LogP contribution in [-0.2, 0) is 35.6 Å². The molecule has 1 spiro atoms. The standard InChI is InChI=1S/C38H49ClIN5O8S/c1-23(2)21-52-35(49)42-29-11-9-7-5-6-8-10-15-38(40,34(48)44-54(50,51)36(4)17-18-36)43-32(46)30-20-37(22-45(30)33(29)47)16-14-26-27-19-25(39)12-13-28(27)41-24(3)31(26)53-37/h8,10,12-13,19,23,29-30H,5-7,9,11,14-18,20-22H2,1-4H3,(H,42,49)(H,43,46)(H,44,48)/b10-8-/t29-,30-,37+,38+/m0/s1. The number of alkyl halides is 1. The van der Waals surface area contributed by atoms with Crippen molar-refractivity contribution in [1.29, 1.82) is 0 Å². The lowest BCUT2D eigenvalue weighted by Crippen LogP contribution is -2.60. The second-order valence-electron chi connectivity index (χ2n) is 15.8. The van der Waals surface area contributed by atoms with E-state index in [4.69, 9.17) is 26.1 Å². The maximum absolute atomic E-state index is 14.7. The van der Waals surface area contributed by atoms with Crippen molar-refractivity contribution in [3.8, 4) is 5.75 Å². The van der Waals surface area contributed by atoms with E-state index in [1.54, 1.807) is 41.7 Å². The molecule has 16 heteroatoms. The molecule has 1 saturated heterocycles. The van der Waals surface area contributed by atoms with Gasteiger partial charge in [0, 0.05) is 28.8 Å². The molecule has 4 heterocycles. The van der Waals surface area contributed by atoms with Crippen LogP contribution < -0.4 is 20.1 Å². The number of aromatic nitrogens is 1. The largest absolute Gasteiger partial charge is 0.483 e. The highest BCUT2D eigenvalue weighted by molar-refractivity contribution is 14.1. The SMILES string of the molecule is Cc1nc2ccc(Cl)cc2c2c1O[C@]1(CC2)C[C@H]2C(=O)N[C@@](I)(C(=O)NS(=O)(=O)C3(C)CC3)C/C=C\CCCCC[C@H](NC(=O)OCC(C)C)C(=O)N2C1. The fourth-order valence-electron chi connectivity index (χ4n) is 7.38. The monoisotopic (exact) mass is 897 g/mol. The molecule has 4 amide bonds. The Hall–Kier alpha value is -3.18. The molecule has 54 heavy (non-hydrogen) atoms. The van der Waals surface area contributed by atoms with Crippen molar-refractivity contribution in [3.05, 3.63) is 46.6 Å². The van der Waals surface area contributed by atoms with Crippen molar-refractivity contribution in [2.24, 2.45) is 5.92 Å². The number of fused-ring (bicyclic) bond motifs is 4. The summed E-state index contributed by atoms with van der Waals surface area (Å²) in [4.78, 5) is 62.3. The predicted molar refractivity (Wildman–Crippen MR) is 213 cm³/mol. The fourth-order valence-corrected chi connectivity index (χ4v) is 9.69. The molecule has 2 aromatic rings. The number of halogens is 2. The first-order valence-electron chi connectivity index (χ1n) is 18.7. The molecule has 1 aromatic heterocycles. The lowest BCUT2D eigenvalue weighted by molar-refractivity contribution is -0.141. The molecule has 4 atom stereocenters. The van der Waals surface area contributed by atoms with E-state index in [0.717, 1.165) is 29.3 Å². The third-order valence-corrected chi connectivity index (χ3v) is 14.5. The van der Waals surface area contributed by atoms with Crippen molar-refractivity contribution >= 4 is 78.9 Å². The van der Waals surface area contributed by atoms with Gasteiger partial charge in [-0.05, 0) is 106 Å². The number of benzene rings is 1. The smallest absolute Gasteiger partial charge is 0.407 e. The first-order chi connectivity index (χ1) is 25.4. The minimum atomic E-state index is -4.02. The minimum absolute atomic E-state index is 0.0133. The molecule has 0 bridgehead atoms. The Bertz CT molecular complexity index is 1970. The van der Waals surface area contributed by atoms with Crippen LogP contribution in [0.4, 0.5) is 4.79 Å². The van der Waals surface area contributed by atoms with Gasteiger partial charge in [-0.25, -0.2) is 22.9 Å². The maximum atomic E-state index is 14.7. The van der Waals surface area contributed by atoms with Gasteiger partial charge in [0.1, 0.15) is 23.4 Å². The third-order valence-electron chi connectivity index (χ3n) is 10.9. The Morgan fingerprint density at radius 3 is 2.65 bits per heavy atom. The molecule has 1 saturated carbocycles. The van der Waals surface area contributed by atoms with Gasteiger partial charge in [0.15, 0.2) is 3.55 Å². The number of nitrogens with one attached hydrogen (secondary N) is 3. The number of alkyl carbamates (subject to hydrolysis) is 1. The van der Waals surface area contributed by atoms with Crippen LogP contribution in [0.25, 0.3) is 10.9 Å². The second-order valence-corrected chi connectivity index (χ2v) is 20.3. The summed E-state index contributed by atoms with van der Waals surface area (Å²) in [6.07, 6.45) is 8.12. The maximum Gasteiger partial charge on any atom is 0.407 e. The summed E-state index contributed by atoms with van der Waals surface area (Å²) < 4.78 is 38.0. The number of nitrogens with zero attached hydrogens (tertiary/aromatic N) is 2. The fraction of sp³-hybridized carbons (Fsp3) is 0.605. The number of rotatable bonds is 6. The van der Waals surface area contributed by atoms with Gasteiger partial charge in [0.25, 0.3) is 5.91 Å². The van der Waals surface area contributed by atoms with Crippen molar-refractivity contribution in [2.75, 3.05) is 13.2 Å². The third kappa shape index (κ3) is 8.62. The quantitative estimate of drug-likeness (QED) is 0.141. The molecule has 3 aliphatic heterocycles. The molecule has 13 nitrogen and oxygen atoms in total. The van der Waals surface area contributed by atoms with Gasteiger partial charge in [0.05, 0.1) is 29.1 Å². The number of aryl methyl sites for hydroxylation is 2. The van der Waals surface area contributed by atoms with E-state index in [2.05, 4.69) is 15.4 Å².